The van der Waals surface area contributed by atoms with E-state index in [0.717, 1.165) is 76.5 Å². The highest BCUT2D eigenvalue weighted by molar-refractivity contribution is 6.24. The first-order chi connectivity index (χ1) is 58.0. The van der Waals surface area contributed by atoms with E-state index in [2.05, 4.69) is 140 Å². The van der Waals surface area contributed by atoms with Crippen molar-refractivity contribution in [3.05, 3.63) is 162 Å². The van der Waals surface area contributed by atoms with Gasteiger partial charge in [-0.2, -0.15) is 5.26 Å². The highest BCUT2D eigenvalue weighted by Crippen LogP contribution is 2.74. The maximum Gasteiger partial charge on any atom is 0.271 e. The number of nitrogens with zero attached hydrogens (tertiary/aromatic N) is 4. The van der Waals surface area contributed by atoms with Crippen LogP contribution in [0.25, 0.3) is 0 Å². The number of rotatable bonds is 6. The van der Waals surface area contributed by atoms with Gasteiger partial charge >= 0.3 is 0 Å². The monoisotopic (exact) mass is 1660 g/mol. The molecule has 17 heteroatoms. The summed E-state index contributed by atoms with van der Waals surface area (Å²) in [6.45, 7) is 47.3. The summed E-state index contributed by atoms with van der Waals surface area (Å²) >= 11 is 0. The molecule has 21 rings (SSSR count). The third-order valence-corrected chi connectivity index (χ3v) is 35.3. The van der Waals surface area contributed by atoms with Crippen LogP contribution in [0.2, 0.25) is 0 Å². The van der Waals surface area contributed by atoms with Gasteiger partial charge in [0.25, 0.3) is 5.91 Å². The second kappa shape index (κ2) is 30.1. The van der Waals surface area contributed by atoms with E-state index in [-0.39, 0.29) is 138 Å². The lowest BCUT2D eigenvalue weighted by Gasteiger charge is -2.51. The minimum Gasteiger partial charge on any atom is -0.490 e. The zero-order valence-corrected chi connectivity index (χ0v) is 75.1. The number of carbonyl (C=O) groups is 9. The molecule has 3 aromatic carbocycles. The maximum absolute atomic E-state index is 15.5. The highest BCUT2D eigenvalue weighted by Gasteiger charge is 2.78. The van der Waals surface area contributed by atoms with Crippen LogP contribution in [0.4, 0.5) is 0 Å². The number of nitriles is 1. The number of ether oxygens (including phenoxy) is 3. The maximum atomic E-state index is 15.5. The Labute approximate surface area is 728 Å². The predicted octanol–water partition coefficient (Wildman–Crippen LogP) is 16.3. The van der Waals surface area contributed by atoms with Crippen LogP contribution < -0.4 is 14.2 Å². The third kappa shape index (κ3) is 12.4. The van der Waals surface area contributed by atoms with Crippen molar-refractivity contribution in [3.8, 4) is 48.0 Å². The van der Waals surface area contributed by atoms with Crippen molar-refractivity contribution >= 4 is 52.8 Å². The van der Waals surface area contributed by atoms with E-state index in [9.17, 15) is 43.9 Å². The molecule has 1 N–H and O–H groups in total. The van der Waals surface area contributed by atoms with Crippen LogP contribution in [0, 0.1) is 204 Å². The Bertz CT molecular complexity index is 5230. The Balaban J connectivity index is 0.000000137. The standard InChI is InChI=1S/C38H43NO5.C34H40N2O4.C34H43NO4/c1-9-16-37-21-25-12-14-26(15-13-25)44-31-27-28(36(8)19-22(4)18-23(5)29(31)36)24(6)20-35(7,11-3)30(27)32(40)38(37,43)34(42)39(17-10-2)33(37)41;1-7-33(5)17-20(4)26-25-28(33)29(37)24-23(31(38)36(13-12-35)32(24)39)15-21-8-10-22(11-9-21)40-30(25)27-19(3)14-18(2)16-34(26,27)6;1-9-32(5)17-20(4)25-24-27(32)29(36)34(7)23(30(37)35(8)31(34)38)15-21-10-12-22(13-11-21)39-28(24)26-19(3)14-18(2)16-33(25,26)6/h1-2,11-15,20,22-23,27-31,43H,3,16-19,21H2,4-8H3;7-11,17-19,23-28,30H,1,13-16H2,2-6H3;9-13,17-19,23-28H,1,14-16H2,2-8H3. The van der Waals surface area contributed by atoms with E-state index in [1.54, 1.807) is 13.0 Å². The molecule has 9 aliphatic carbocycles. The number of likely N-dealkylation sites (tertiary alicyclic amines) is 3. The van der Waals surface area contributed by atoms with Crippen molar-refractivity contribution in [3.63, 3.8) is 0 Å². The first-order valence-corrected chi connectivity index (χ1v) is 45.3. The number of imide groups is 3. The average Bonchev–Trinajstić information content (AvgIpc) is 1.48. The Kier molecular flexibility index (Phi) is 21.3. The summed E-state index contributed by atoms with van der Waals surface area (Å²) in [6.07, 6.45) is 29.3. The molecule has 33 unspecified atom stereocenters. The number of carbonyl (C=O) groups excluding carboxylic acids is 9. The number of hydrogen-bond acceptors (Lipinski definition) is 14. The van der Waals surface area contributed by atoms with Gasteiger partial charge in [0.15, 0.2) is 17.3 Å². The fourth-order valence-electron chi connectivity index (χ4n) is 31.7. The van der Waals surface area contributed by atoms with Crippen LogP contribution in [-0.4, -0.2) is 117 Å². The van der Waals surface area contributed by atoms with Crippen LogP contribution >= 0.6 is 0 Å². The summed E-state index contributed by atoms with van der Waals surface area (Å²) in [4.78, 5) is 132. The summed E-state index contributed by atoms with van der Waals surface area (Å²) < 4.78 is 21.0. The largest absolute Gasteiger partial charge is 0.490 e. The molecule has 9 aliphatic heterocycles. The van der Waals surface area contributed by atoms with Crippen molar-refractivity contribution in [1.29, 1.82) is 5.26 Å². The van der Waals surface area contributed by atoms with Gasteiger partial charge in [0.05, 0.1) is 24.4 Å². The van der Waals surface area contributed by atoms with Crippen molar-refractivity contribution in [1.82, 2.24) is 14.7 Å². The number of amides is 6. The molecule has 9 fully saturated rings. The van der Waals surface area contributed by atoms with Gasteiger partial charge in [0.2, 0.25) is 35.1 Å². The molecule has 0 spiro atoms. The number of terminal acetylenes is 2. The molecule has 9 heterocycles. The van der Waals surface area contributed by atoms with Crippen LogP contribution in [0.1, 0.15) is 172 Å². The first-order valence-electron chi connectivity index (χ1n) is 45.3. The number of hydrogen-bond donors (Lipinski definition) is 1. The fourth-order valence-corrected chi connectivity index (χ4v) is 31.7. The molecule has 0 radical (unpaired) electrons. The molecule has 17 nitrogen and oxygen atoms in total. The van der Waals surface area contributed by atoms with Gasteiger partial charge in [0.1, 0.15) is 58.9 Å². The third-order valence-electron chi connectivity index (χ3n) is 35.3. The van der Waals surface area contributed by atoms with Crippen molar-refractivity contribution in [2.24, 2.45) is 168 Å². The number of ketones is 3. The van der Waals surface area contributed by atoms with Gasteiger partial charge in [0, 0.05) is 83.0 Å². The van der Waals surface area contributed by atoms with Gasteiger partial charge in [-0.15, -0.1) is 38.5 Å². The van der Waals surface area contributed by atoms with E-state index < -0.39 is 104 Å². The lowest BCUT2D eigenvalue weighted by molar-refractivity contribution is -0.170. The van der Waals surface area contributed by atoms with E-state index in [4.69, 9.17) is 27.1 Å². The number of benzene rings is 3. The number of Topliss-reactive ketones (excluding diaryl/α,β-unsaturated/α-hetero) is 3. The first kappa shape index (κ1) is 87.0. The second-order valence-electron chi connectivity index (χ2n) is 43.1. The van der Waals surface area contributed by atoms with Crippen LogP contribution in [-0.2, 0) is 62.4 Å². The Morgan fingerprint density at radius 2 is 0.878 bits per heavy atom. The van der Waals surface area contributed by atoms with Gasteiger partial charge in [-0.05, 0) is 208 Å². The lowest BCUT2D eigenvalue weighted by Crippen LogP contribution is -2.63. The second-order valence-corrected chi connectivity index (χ2v) is 43.1. The number of fused-ring (bicyclic) bond motifs is 12. The summed E-state index contributed by atoms with van der Waals surface area (Å²) in [5, 5.41) is 22.3. The van der Waals surface area contributed by atoms with Gasteiger partial charge in [-0.1, -0.05) is 179 Å². The Morgan fingerprint density at radius 1 is 0.488 bits per heavy atom. The normalized spacial score (nSPS) is 45.0. The number of aliphatic hydroxyl groups is 1. The lowest BCUT2D eigenvalue weighted by atomic mass is 9.51. The highest BCUT2D eigenvalue weighted by atomic mass is 16.5. The smallest absolute Gasteiger partial charge is 0.271 e. The number of allylic oxidation sites excluding steroid dienone is 9. The molecule has 18 aliphatic rings. The summed E-state index contributed by atoms with van der Waals surface area (Å²) in [5.41, 5.74) is -2.54. The van der Waals surface area contributed by atoms with Crippen LogP contribution in [0.5, 0.6) is 17.2 Å². The molecule has 3 aromatic rings. The minimum absolute atomic E-state index is 0.0409. The molecular weight excluding hydrogens is 1540 g/mol. The fraction of sp³-hybridized carbons (Fsp3) is 0.585. The van der Waals surface area contributed by atoms with Crippen LogP contribution in [0.15, 0.2) is 146 Å². The zero-order chi connectivity index (χ0) is 88.9. The summed E-state index contributed by atoms with van der Waals surface area (Å²) in [7, 11) is 1.53. The Morgan fingerprint density at radius 3 is 1.28 bits per heavy atom. The molecule has 33 atom stereocenters. The molecule has 6 bridgehead atoms. The van der Waals surface area contributed by atoms with E-state index >= 15 is 9.59 Å². The Hall–Kier alpha value is -9.50. The van der Waals surface area contributed by atoms with Crippen molar-refractivity contribution in [2.45, 2.75) is 199 Å². The quantitative estimate of drug-likeness (QED) is 0.0795. The van der Waals surface area contributed by atoms with Crippen LogP contribution in [0.3, 0.4) is 0 Å². The summed E-state index contributed by atoms with van der Waals surface area (Å²) in [6, 6.07) is 25.2. The SMILES string of the molecule is C#CCN1C(=O)C2(CC#C)Cc3ccc(cc3)OC3C4C(C(=O)C2(O)C1=O)C(C)(C=C)C=C(C)C4C1(C)CC(C)CC(C)C31.C=CC1(C)C=C(C)C2C3C(Oc4ccc(cc4)CC4C(=O)N(C)C(=O)C4(C)C(=O)C31)C1C(C)CC(C)CC21C.C=CC1(C)C=C(C)C2C3C(Oc4ccc(cc4)CC4C(=O)N(CC#N)C(=O)C4C(=O)C31)C1C(C)CC(C)CC21C. The van der Waals surface area contributed by atoms with Gasteiger partial charge < -0.3 is 19.3 Å². The van der Waals surface area contributed by atoms with E-state index in [1.807, 2.05) is 105 Å². The van der Waals surface area contributed by atoms with Crippen molar-refractivity contribution in [2.75, 3.05) is 20.1 Å². The molecular formula is C106H126N4O13. The van der Waals surface area contributed by atoms with E-state index in [1.165, 1.54) is 23.1 Å². The summed E-state index contributed by atoms with van der Waals surface area (Å²) in [5.74, 6) is 1.10. The van der Waals surface area contributed by atoms with Crippen molar-refractivity contribution < 1.29 is 62.5 Å². The molecule has 123 heavy (non-hydrogen) atoms. The molecule has 6 saturated carbocycles. The molecule has 3 saturated heterocycles. The average molecular weight is 1660 g/mol. The predicted molar refractivity (Wildman–Crippen MR) is 469 cm³/mol. The van der Waals surface area contributed by atoms with Gasteiger partial charge in [-0.25, -0.2) is 0 Å². The molecule has 6 amide bonds. The zero-order valence-electron chi connectivity index (χ0n) is 75.1. The topological polar surface area (TPSA) is 235 Å². The molecule has 0 aromatic heterocycles. The minimum atomic E-state index is -2.73. The van der Waals surface area contributed by atoms with E-state index in [0.29, 0.717) is 53.2 Å². The molecule has 648 valence electrons. The van der Waals surface area contributed by atoms with Gasteiger partial charge in [-0.3, -0.25) is 57.9 Å².